The molecule has 1 fully saturated rings. The molecular formula is C15H21NO3. The van der Waals surface area contributed by atoms with Gasteiger partial charge in [-0.1, -0.05) is 17.2 Å². The van der Waals surface area contributed by atoms with Gasteiger partial charge in [-0.15, -0.1) is 0 Å². The van der Waals surface area contributed by atoms with Crippen molar-refractivity contribution in [3.63, 3.8) is 0 Å². The number of carbonyl (C=O) groups is 1. The van der Waals surface area contributed by atoms with E-state index in [0.29, 0.717) is 31.6 Å². The van der Waals surface area contributed by atoms with Gasteiger partial charge >= 0.3 is 0 Å². The Labute approximate surface area is 113 Å². The van der Waals surface area contributed by atoms with E-state index in [2.05, 4.69) is 5.32 Å². The molecule has 0 aromatic heterocycles. The number of carbonyl (C=O) groups excluding carboxylic acids is 1. The molecule has 4 nitrogen and oxygen atoms in total. The van der Waals surface area contributed by atoms with Crippen LogP contribution in [0.3, 0.4) is 0 Å². The molecule has 1 aliphatic rings. The minimum Gasteiger partial charge on any atom is -0.388 e. The molecule has 0 unspecified atom stereocenters. The number of aryl methyl sites for hydroxylation is 2. The molecule has 4 heteroatoms. The average Bonchev–Trinajstić information content (AvgIpc) is 2.36. The van der Waals surface area contributed by atoms with Crippen molar-refractivity contribution < 1.29 is 14.6 Å². The Morgan fingerprint density at radius 3 is 2.42 bits per heavy atom. The molecule has 1 aromatic carbocycles. The van der Waals surface area contributed by atoms with Crippen molar-refractivity contribution in [3.05, 3.63) is 34.9 Å². The van der Waals surface area contributed by atoms with Crippen LogP contribution in [0.25, 0.3) is 0 Å². The SMILES string of the molecule is Cc1cc(C)cc(C(=O)NCC2(O)CCOCC2)c1. The molecule has 1 aromatic rings. The fraction of sp³-hybridized carbons (Fsp3) is 0.533. The van der Waals surface area contributed by atoms with Crippen LogP contribution in [0.1, 0.15) is 34.3 Å². The number of amides is 1. The van der Waals surface area contributed by atoms with E-state index in [-0.39, 0.29) is 12.5 Å². The van der Waals surface area contributed by atoms with Gasteiger partial charge in [0.2, 0.25) is 0 Å². The van der Waals surface area contributed by atoms with Crippen molar-refractivity contribution in [2.24, 2.45) is 0 Å². The van der Waals surface area contributed by atoms with Crippen LogP contribution in [0.2, 0.25) is 0 Å². The van der Waals surface area contributed by atoms with Gasteiger partial charge in [0.25, 0.3) is 5.91 Å². The summed E-state index contributed by atoms with van der Waals surface area (Å²) in [5.74, 6) is -0.133. The Bertz CT molecular complexity index is 444. The molecule has 0 spiro atoms. The molecule has 1 amide bonds. The topological polar surface area (TPSA) is 58.6 Å². The summed E-state index contributed by atoms with van der Waals surface area (Å²) in [5, 5.41) is 13.1. The molecule has 104 valence electrons. The van der Waals surface area contributed by atoms with Crippen molar-refractivity contribution in [2.45, 2.75) is 32.3 Å². The smallest absolute Gasteiger partial charge is 0.251 e. The molecule has 19 heavy (non-hydrogen) atoms. The monoisotopic (exact) mass is 263 g/mol. The number of aliphatic hydroxyl groups is 1. The maximum Gasteiger partial charge on any atom is 0.251 e. The average molecular weight is 263 g/mol. The maximum absolute atomic E-state index is 12.1. The molecule has 0 bridgehead atoms. The van der Waals surface area contributed by atoms with Crippen LogP contribution in [0, 0.1) is 13.8 Å². The highest BCUT2D eigenvalue weighted by Gasteiger charge is 2.30. The number of hydrogen-bond acceptors (Lipinski definition) is 3. The third-order valence-electron chi connectivity index (χ3n) is 3.49. The highest BCUT2D eigenvalue weighted by atomic mass is 16.5. The first kappa shape index (κ1) is 14.0. The Balaban J connectivity index is 1.97. The van der Waals surface area contributed by atoms with Crippen LogP contribution in [0.5, 0.6) is 0 Å². The van der Waals surface area contributed by atoms with Crippen molar-refractivity contribution in [3.8, 4) is 0 Å². The predicted octanol–water partition coefficient (Wildman–Crippen LogP) is 1.57. The normalized spacial score (nSPS) is 18.1. The van der Waals surface area contributed by atoms with E-state index >= 15 is 0 Å². The molecule has 2 rings (SSSR count). The number of nitrogens with one attached hydrogen (secondary N) is 1. The first-order chi connectivity index (χ1) is 8.98. The summed E-state index contributed by atoms with van der Waals surface area (Å²) >= 11 is 0. The number of hydrogen-bond donors (Lipinski definition) is 2. The second kappa shape index (κ2) is 5.72. The van der Waals surface area contributed by atoms with Crippen LogP contribution in [-0.2, 0) is 4.74 Å². The third-order valence-corrected chi connectivity index (χ3v) is 3.49. The van der Waals surface area contributed by atoms with E-state index < -0.39 is 5.60 Å². The van der Waals surface area contributed by atoms with E-state index in [9.17, 15) is 9.90 Å². The Morgan fingerprint density at radius 2 is 1.84 bits per heavy atom. The maximum atomic E-state index is 12.1. The molecule has 0 atom stereocenters. The zero-order valence-electron chi connectivity index (χ0n) is 11.5. The highest BCUT2D eigenvalue weighted by molar-refractivity contribution is 5.94. The molecule has 0 aliphatic carbocycles. The third kappa shape index (κ3) is 3.78. The van der Waals surface area contributed by atoms with Crippen LogP contribution >= 0.6 is 0 Å². The summed E-state index contributed by atoms with van der Waals surface area (Å²) in [5.41, 5.74) is 1.95. The van der Waals surface area contributed by atoms with Crippen molar-refractivity contribution in [2.75, 3.05) is 19.8 Å². The van der Waals surface area contributed by atoms with E-state index in [0.717, 1.165) is 11.1 Å². The van der Waals surface area contributed by atoms with E-state index in [4.69, 9.17) is 4.74 Å². The van der Waals surface area contributed by atoms with Gasteiger partial charge in [-0.2, -0.15) is 0 Å². The summed E-state index contributed by atoms with van der Waals surface area (Å²) in [6.45, 7) is 5.32. The van der Waals surface area contributed by atoms with Crippen molar-refractivity contribution >= 4 is 5.91 Å². The van der Waals surface area contributed by atoms with Gasteiger partial charge < -0.3 is 15.2 Å². The quantitative estimate of drug-likeness (QED) is 0.870. The zero-order valence-corrected chi connectivity index (χ0v) is 11.5. The molecule has 2 N–H and O–H groups in total. The zero-order chi connectivity index (χ0) is 13.9. The van der Waals surface area contributed by atoms with Gasteiger partial charge in [-0.05, 0) is 26.0 Å². The second-order valence-electron chi connectivity index (χ2n) is 5.40. The first-order valence-electron chi connectivity index (χ1n) is 6.65. The summed E-state index contributed by atoms with van der Waals surface area (Å²) in [6, 6.07) is 5.75. The summed E-state index contributed by atoms with van der Waals surface area (Å²) in [4.78, 5) is 12.1. The van der Waals surface area contributed by atoms with Crippen LogP contribution in [-0.4, -0.2) is 36.4 Å². The van der Waals surface area contributed by atoms with E-state index in [1.165, 1.54) is 0 Å². The van der Waals surface area contributed by atoms with Crippen molar-refractivity contribution in [1.82, 2.24) is 5.32 Å². The Hall–Kier alpha value is -1.39. The predicted molar refractivity (Wildman–Crippen MR) is 73.3 cm³/mol. The largest absolute Gasteiger partial charge is 0.388 e. The fourth-order valence-electron chi connectivity index (χ4n) is 2.38. The lowest BCUT2D eigenvalue weighted by Gasteiger charge is -2.32. The molecule has 1 saturated heterocycles. The molecular weight excluding hydrogens is 242 g/mol. The molecule has 0 radical (unpaired) electrons. The lowest BCUT2D eigenvalue weighted by molar-refractivity contribution is -0.0605. The summed E-state index contributed by atoms with van der Waals surface area (Å²) in [7, 11) is 0. The van der Waals surface area contributed by atoms with Gasteiger partial charge in [0, 0.05) is 38.2 Å². The molecule has 1 aliphatic heterocycles. The lowest BCUT2D eigenvalue weighted by atomic mass is 9.94. The van der Waals surface area contributed by atoms with Crippen LogP contribution < -0.4 is 5.32 Å². The van der Waals surface area contributed by atoms with E-state index in [1.54, 1.807) is 0 Å². The summed E-state index contributed by atoms with van der Waals surface area (Å²) in [6.07, 6.45) is 1.14. The van der Waals surface area contributed by atoms with E-state index in [1.807, 2.05) is 32.0 Å². The van der Waals surface area contributed by atoms with Gasteiger partial charge in [0.1, 0.15) is 0 Å². The first-order valence-corrected chi connectivity index (χ1v) is 6.65. The van der Waals surface area contributed by atoms with Gasteiger partial charge in [-0.3, -0.25) is 4.79 Å². The number of ether oxygens (including phenoxy) is 1. The van der Waals surface area contributed by atoms with Crippen LogP contribution in [0.4, 0.5) is 0 Å². The van der Waals surface area contributed by atoms with Gasteiger partial charge in [0.15, 0.2) is 0 Å². The number of benzene rings is 1. The van der Waals surface area contributed by atoms with Gasteiger partial charge in [-0.25, -0.2) is 0 Å². The highest BCUT2D eigenvalue weighted by Crippen LogP contribution is 2.19. The number of rotatable bonds is 3. The second-order valence-corrected chi connectivity index (χ2v) is 5.40. The molecule has 0 saturated carbocycles. The standard InChI is InChI=1S/C15H21NO3/c1-11-7-12(2)9-13(8-11)14(17)16-10-15(18)3-5-19-6-4-15/h7-9,18H,3-6,10H2,1-2H3,(H,16,17). The van der Waals surface area contributed by atoms with Crippen molar-refractivity contribution in [1.29, 1.82) is 0 Å². The minimum absolute atomic E-state index is 0.133. The Morgan fingerprint density at radius 1 is 1.26 bits per heavy atom. The molecule has 1 heterocycles. The van der Waals surface area contributed by atoms with Gasteiger partial charge in [0.05, 0.1) is 5.60 Å². The van der Waals surface area contributed by atoms with Crippen LogP contribution in [0.15, 0.2) is 18.2 Å². The summed E-state index contributed by atoms with van der Waals surface area (Å²) < 4.78 is 5.22. The minimum atomic E-state index is -0.827. The fourth-order valence-corrected chi connectivity index (χ4v) is 2.38. The lowest BCUT2D eigenvalue weighted by Crippen LogP contribution is -2.46. The Kier molecular flexibility index (Phi) is 4.22.